The molecule has 4 heteroatoms. The molecular formula is C21H33NO3. The Labute approximate surface area is 152 Å². The summed E-state index contributed by atoms with van der Waals surface area (Å²) in [5, 5.41) is 0. The molecule has 1 aliphatic rings. The van der Waals surface area contributed by atoms with Crippen molar-refractivity contribution in [3.63, 3.8) is 0 Å². The number of ether oxygens (including phenoxy) is 2. The van der Waals surface area contributed by atoms with Gasteiger partial charge in [-0.05, 0) is 51.5 Å². The zero-order chi connectivity index (χ0) is 18.3. The maximum atomic E-state index is 12.7. The molecule has 2 rings (SSSR count). The Morgan fingerprint density at radius 3 is 2.48 bits per heavy atom. The van der Waals surface area contributed by atoms with Crippen molar-refractivity contribution < 1.29 is 14.3 Å². The Morgan fingerprint density at radius 2 is 1.84 bits per heavy atom. The molecule has 0 saturated heterocycles. The van der Waals surface area contributed by atoms with Crippen molar-refractivity contribution in [3.8, 4) is 0 Å². The lowest BCUT2D eigenvalue weighted by molar-refractivity contribution is 0.00572. The van der Waals surface area contributed by atoms with E-state index in [-0.39, 0.29) is 6.09 Å². The molecule has 0 aliphatic heterocycles. The van der Waals surface area contributed by atoms with Gasteiger partial charge in [-0.3, -0.25) is 0 Å². The van der Waals surface area contributed by atoms with Crippen molar-refractivity contribution in [2.24, 2.45) is 5.92 Å². The van der Waals surface area contributed by atoms with Gasteiger partial charge in [0.1, 0.15) is 5.60 Å². The van der Waals surface area contributed by atoms with Crippen LogP contribution in [0.5, 0.6) is 0 Å². The molecule has 0 N–H and O–H groups in total. The van der Waals surface area contributed by atoms with Crippen LogP contribution < -0.4 is 0 Å². The number of hydrogen-bond donors (Lipinski definition) is 0. The van der Waals surface area contributed by atoms with E-state index in [9.17, 15) is 4.79 Å². The summed E-state index contributed by atoms with van der Waals surface area (Å²) in [5.74, 6) is 0.527. The quantitative estimate of drug-likeness (QED) is 0.725. The van der Waals surface area contributed by atoms with E-state index in [1.54, 1.807) is 7.11 Å². The van der Waals surface area contributed by atoms with E-state index in [0.717, 1.165) is 18.4 Å². The van der Waals surface area contributed by atoms with Gasteiger partial charge in [-0.15, -0.1) is 0 Å². The molecule has 0 spiro atoms. The lowest BCUT2D eigenvalue weighted by atomic mass is 9.84. The summed E-state index contributed by atoms with van der Waals surface area (Å²) in [7, 11) is 1.80. The third kappa shape index (κ3) is 6.69. The first-order valence-electron chi connectivity index (χ1n) is 9.43. The highest BCUT2D eigenvalue weighted by molar-refractivity contribution is 5.68. The number of methoxy groups -OCH3 is 1. The van der Waals surface area contributed by atoms with Crippen LogP contribution in [0.1, 0.15) is 58.4 Å². The number of nitrogens with zero attached hydrogens (tertiary/aromatic N) is 1. The number of hydrogen-bond acceptors (Lipinski definition) is 3. The van der Waals surface area contributed by atoms with Gasteiger partial charge in [-0.25, -0.2) is 4.79 Å². The molecule has 25 heavy (non-hydrogen) atoms. The molecule has 0 bridgehead atoms. The fourth-order valence-corrected chi connectivity index (χ4v) is 3.50. The normalized spacial score (nSPS) is 21.0. The fraction of sp³-hybridized carbons (Fsp3) is 0.667. The van der Waals surface area contributed by atoms with Crippen LogP contribution in [0.2, 0.25) is 0 Å². The van der Waals surface area contributed by atoms with Gasteiger partial charge in [-0.2, -0.15) is 0 Å². The minimum absolute atomic E-state index is 0.235. The van der Waals surface area contributed by atoms with Crippen LogP contribution in [0.4, 0.5) is 4.79 Å². The molecular weight excluding hydrogens is 314 g/mol. The summed E-state index contributed by atoms with van der Waals surface area (Å²) in [6.07, 6.45) is 5.87. The Kier molecular flexibility index (Phi) is 7.30. The molecule has 1 aromatic rings. The first-order valence-corrected chi connectivity index (χ1v) is 9.43. The topological polar surface area (TPSA) is 38.8 Å². The average Bonchev–Trinajstić information content (AvgIpc) is 2.58. The first-order chi connectivity index (χ1) is 11.9. The second-order valence-electron chi connectivity index (χ2n) is 7.99. The molecule has 0 radical (unpaired) electrons. The Balaban J connectivity index is 2.01. The van der Waals surface area contributed by atoms with Crippen molar-refractivity contribution in [3.05, 3.63) is 35.9 Å². The number of benzene rings is 1. The van der Waals surface area contributed by atoms with Gasteiger partial charge in [-0.1, -0.05) is 43.2 Å². The van der Waals surface area contributed by atoms with Crippen molar-refractivity contribution in [1.29, 1.82) is 0 Å². The Hall–Kier alpha value is -1.55. The predicted molar refractivity (Wildman–Crippen MR) is 100 cm³/mol. The molecule has 0 heterocycles. The highest BCUT2D eigenvalue weighted by Crippen LogP contribution is 2.29. The van der Waals surface area contributed by atoms with Gasteiger partial charge >= 0.3 is 6.09 Å². The van der Waals surface area contributed by atoms with Gasteiger partial charge in [0.15, 0.2) is 0 Å². The third-order valence-corrected chi connectivity index (χ3v) is 4.78. The molecule has 4 nitrogen and oxygen atoms in total. The van der Waals surface area contributed by atoms with Crippen molar-refractivity contribution in [2.45, 2.75) is 71.1 Å². The van der Waals surface area contributed by atoms with Gasteiger partial charge < -0.3 is 14.4 Å². The molecule has 1 aromatic carbocycles. The molecule has 2 unspecified atom stereocenters. The highest BCUT2D eigenvalue weighted by atomic mass is 16.6. The van der Waals surface area contributed by atoms with Crippen molar-refractivity contribution in [1.82, 2.24) is 4.90 Å². The number of rotatable bonds is 6. The summed E-state index contributed by atoms with van der Waals surface area (Å²) in [6.45, 7) is 7.02. The zero-order valence-electron chi connectivity index (χ0n) is 16.2. The largest absolute Gasteiger partial charge is 0.444 e. The van der Waals surface area contributed by atoms with E-state index >= 15 is 0 Å². The SMILES string of the molecule is COC1CCCCC1CCN(Cc1ccccc1)C(=O)OC(C)(C)C. The highest BCUT2D eigenvalue weighted by Gasteiger charge is 2.27. The maximum Gasteiger partial charge on any atom is 0.410 e. The molecule has 1 saturated carbocycles. The summed E-state index contributed by atoms with van der Waals surface area (Å²) >= 11 is 0. The van der Waals surface area contributed by atoms with E-state index in [1.165, 1.54) is 19.3 Å². The average molecular weight is 347 g/mol. The lowest BCUT2D eigenvalue weighted by Crippen LogP contribution is -2.38. The summed E-state index contributed by atoms with van der Waals surface area (Å²) < 4.78 is 11.3. The molecule has 1 fully saturated rings. The second kappa shape index (κ2) is 9.23. The van der Waals surface area contributed by atoms with E-state index in [4.69, 9.17) is 9.47 Å². The first kappa shape index (κ1) is 19.8. The van der Waals surface area contributed by atoms with Gasteiger partial charge in [0.05, 0.1) is 6.10 Å². The van der Waals surface area contributed by atoms with Crippen LogP contribution in [0.15, 0.2) is 30.3 Å². The molecule has 1 aliphatic carbocycles. The zero-order valence-corrected chi connectivity index (χ0v) is 16.2. The van der Waals surface area contributed by atoms with E-state index in [0.29, 0.717) is 25.1 Å². The summed E-state index contributed by atoms with van der Waals surface area (Å²) in [6, 6.07) is 10.1. The molecule has 2 atom stereocenters. The van der Waals surface area contributed by atoms with Gasteiger partial charge in [0.25, 0.3) is 0 Å². The van der Waals surface area contributed by atoms with Crippen LogP contribution in [0.25, 0.3) is 0 Å². The number of carbonyl (C=O) groups is 1. The monoisotopic (exact) mass is 347 g/mol. The molecule has 0 aromatic heterocycles. The Bertz CT molecular complexity index is 524. The standard InChI is InChI=1S/C21H33NO3/c1-21(2,3)25-20(23)22(16-17-10-6-5-7-11-17)15-14-18-12-8-9-13-19(18)24-4/h5-7,10-11,18-19H,8-9,12-16H2,1-4H3. The van der Waals surface area contributed by atoms with Gasteiger partial charge in [0.2, 0.25) is 0 Å². The third-order valence-electron chi connectivity index (χ3n) is 4.78. The smallest absolute Gasteiger partial charge is 0.410 e. The van der Waals surface area contributed by atoms with Crippen molar-refractivity contribution in [2.75, 3.05) is 13.7 Å². The summed E-state index contributed by atoms with van der Waals surface area (Å²) in [5.41, 5.74) is 0.645. The van der Waals surface area contributed by atoms with Crippen LogP contribution in [0, 0.1) is 5.92 Å². The number of carbonyl (C=O) groups excluding carboxylic acids is 1. The minimum atomic E-state index is -0.480. The van der Waals surface area contributed by atoms with E-state index < -0.39 is 5.60 Å². The fourth-order valence-electron chi connectivity index (χ4n) is 3.50. The predicted octanol–water partition coefficient (Wildman–Crippen LogP) is 5.02. The van der Waals surface area contributed by atoms with Crippen LogP contribution >= 0.6 is 0 Å². The van der Waals surface area contributed by atoms with Crippen LogP contribution in [-0.4, -0.2) is 36.4 Å². The van der Waals surface area contributed by atoms with E-state index in [2.05, 4.69) is 12.1 Å². The second-order valence-corrected chi connectivity index (χ2v) is 7.99. The molecule has 1 amide bonds. The van der Waals surface area contributed by atoms with E-state index in [1.807, 2.05) is 43.9 Å². The van der Waals surface area contributed by atoms with Crippen LogP contribution in [0.3, 0.4) is 0 Å². The molecule has 140 valence electrons. The Morgan fingerprint density at radius 1 is 1.16 bits per heavy atom. The van der Waals surface area contributed by atoms with Gasteiger partial charge in [0, 0.05) is 20.2 Å². The lowest BCUT2D eigenvalue weighted by Gasteiger charge is -2.33. The summed E-state index contributed by atoms with van der Waals surface area (Å²) in [4.78, 5) is 14.5. The maximum absolute atomic E-state index is 12.7. The van der Waals surface area contributed by atoms with Crippen LogP contribution in [-0.2, 0) is 16.0 Å². The number of amides is 1. The minimum Gasteiger partial charge on any atom is -0.444 e. The van der Waals surface area contributed by atoms with Crippen molar-refractivity contribution >= 4 is 6.09 Å².